The molecule has 92 valence electrons. The molecule has 18 heavy (non-hydrogen) atoms. The largest absolute Gasteiger partial charge is 0.497 e. The number of rotatable bonds is 3. The molecule has 4 heteroatoms. The third-order valence-electron chi connectivity index (χ3n) is 2.54. The van der Waals surface area contributed by atoms with Crippen molar-refractivity contribution in [2.75, 3.05) is 7.11 Å². The van der Waals surface area contributed by atoms with Crippen LogP contribution in [0.4, 0.5) is 4.39 Å². The Morgan fingerprint density at radius 1 is 1.17 bits per heavy atom. The van der Waals surface area contributed by atoms with E-state index >= 15 is 0 Å². The second-order valence-electron chi connectivity index (χ2n) is 3.65. The summed E-state index contributed by atoms with van der Waals surface area (Å²) in [5.74, 6) is -0.155. The molecule has 2 aromatic rings. The molecule has 2 rings (SSSR count). The van der Waals surface area contributed by atoms with Crippen LogP contribution in [0.2, 0.25) is 0 Å². The summed E-state index contributed by atoms with van der Waals surface area (Å²) in [6.07, 6.45) is 0. The first-order valence-electron chi connectivity index (χ1n) is 5.26. The molecule has 0 radical (unpaired) electrons. The van der Waals surface area contributed by atoms with Crippen LogP contribution in [0.25, 0.3) is 0 Å². The van der Waals surface area contributed by atoms with E-state index in [1.165, 1.54) is 6.07 Å². The molecule has 0 fully saturated rings. The molecule has 0 spiro atoms. The highest BCUT2D eigenvalue weighted by atomic mass is 127. The zero-order valence-corrected chi connectivity index (χ0v) is 11.8. The van der Waals surface area contributed by atoms with Crippen molar-refractivity contribution in [2.24, 2.45) is 0 Å². The predicted molar refractivity (Wildman–Crippen MR) is 75.5 cm³/mol. The Labute approximate surface area is 118 Å². The van der Waals surface area contributed by atoms with Gasteiger partial charge in [-0.1, -0.05) is 6.07 Å². The lowest BCUT2D eigenvalue weighted by molar-refractivity contribution is 0.103. The normalized spacial score (nSPS) is 10.2. The number of benzene rings is 2. The molecule has 0 saturated heterocycles. The van der Waals surface area contributed by atoms with E-state index in [1.807, 2.05) is 22.6 Å². The molecule has 0 unspecified atom stereocenters. The molecule has 0 N–H and O–H groups in total. The van der Waals surface area contributed by atoms with Crippen molar-refractivity contribution in [1.82, 2.24) is 0 Å². The van der Waals surface area contributed by atoms with Crippen molar-refractivity contribution in [3.8, 4) is 5.75 Å². The minimum atomic E-state index is -0.497. The molecule has 0 atom stereocenters. The van der Waals surface area contributed by atoms with E-state index in [0.717, 1.165) is 0 Å². The fraction of sp³-hybridized carbons (Fsp3) is 0.0714. The molecule has 0 heterocycles. The smallest absolute Gasteiger partial charge is 0.197 e. The van der Waals surface area contributed by atoms with Gasteiger partial charge in [0, 0.05) is 9.13 Å². The number of ketones is 1. The van der Waals surface area contributed by atoms with E-state index in [2.05, 4.69) is 0 Å². The van der Waals surface area contributed by atoms with E-state index in [9.17, 15) is 9.18 Å². The van der Waals surface area contributed by atoms with Crippen molar-refractivity contribution < 1.29 is 13.9 Å². The Hall–Kier alpha value is -1.43. The fourth-order valence-corrected chi connectivity index (χ4v) is 2.31. The van der Waals surface area contributed by atoms with Gasteiger partial charge in [0.1, 0.15) is 11.6 Å². The van der Waals surface area contributed by atoms with Gasteiger partial charge >= 0.3 is 0 Å². The average Bonchev–Trinajstić information content (AvgIpc) is 2.38. The SMILES string of the molecule is COc1ccc(C(=O)c2c(F)cccc2I)cc1. The lowest BCUT2D eigenvalue weighted by Gasteiger charge is -2.06. The Bertz CT molecular complexity index is 559. The maximum atomic E-state index is 13.7. The number of methoxy groups -OCH3 is 1. The number of halogens is 2. The standard InChI is InChI=1S/C14H10FIO2/c1-18-10-7-5-9(6-8-10)14(17)13-11(15)3-2-4-12(13)16/h2-8H,1H3. The Kier molecular flexibility index (Phi) is 3.96. The first kappa shape index (κ1) is 13.0. The first-order chi connectivity index (χ1) is 8.63. The molecule has 2 aromatic carbocycles. The molecule has 2 nitrogen and oxygen atoms in total. The third-order valence-corrected chi connectivity index (χ3v) is 3.44. The predicted octanol–water partition coefficient (Wildman–Crippen LogP) is 3.67. The molecule has 0 aliphatic rings. The minimum Gasteiger partial charge on any atom is -0.497 e. The van der Waals surface area contributed by atoms with E-state index in [-0.39, 0.29) is 11.3 Å². The van der Waals surface area contributed by atoms with Crippen LogP contribution in [0.1, 0.15) is 15.9 Å². The van der Waals surface area contributed by atoms with Crippen LogP contribution in [-0.4, -0.2) is 12.9 Å². The lowest BCUT2D eigenvalue weighted by atomic mass is 10.0. The van der Waals surface area contributed by atoms with Gasteiger partial charge in [-0.05, 0) is 59.0 Å². The molecule has 0 saturated carbocycles. The summed E-state index contributed by atoms with van der Waals surface area (Å²) in [5.41, 5.74) is 0.557. The Morgan fingerprint density at radius 2 is 1.83 bits per heavy atom. The molecule has 0 bridgehead atoms. The summed E-state index contributed by atoms with van der Waals surface area (Å²) in [6.45, 7) is 0. The maximum absolute atomic E-state index is 13.7. The van der Waals surface area contributed by atoms with Gasteiger partial charge in [-0.2, -0.15) is 0 Å². The van der Waals surface area contributed by atoms with Crippen LogP contribution in [0, 0.1) is 9.39 Å². The van der Waals surface area contributed by atoms with Crippen LogP contribution in [0.3, 0.4) is 0 Å². The highest BCUT2D eigenvalue weighted by Crippen LogP contribution is 2.21. The van der Waals surface area contributed by atoms with Gasteiger partial charge in [0.2, 0.25) is 0 Å². The quantitative estimate of drug-likeness (QED) is 0.620. The van der Waals surface area contributed by atoms with Gasteiger partial charge in [0.05, 0.1) is 12.7 Å². The first-order valence-corrected chi connectivity index (χ1v) is 6.34. The summed E-state index contributed by atoms with van der Waals surface area (Å²) in [4.78, 5) is 12.2. The second kappa shape index (κ2) is 5.48. The zero-order valence-electron chi connectivity index (χ0n) is 9.61. The highest BCUT2D eigenvalue weighted by molar-refractivity contribution is 14.1. The number of carbonyl (C=O) groups is 1. The van der Waals surface area contributed by atoms with Crippen LogP contribution < -0.4 is 4.74 Å². The number of ether oxygens (including phenoxy) is 1. The number of carbonyl (C=O) groups excluding carboxylic acids is 1. The van der Waals surface area contributed by atoms with E-state index in [4.69, 9.17) is 4.74 Å². The zero-order chi connectivity index (χ0) is 13.1. The fourth-order valence-electron chi connectivity index (χ4n) is 1.60. The van der Waals surface area contributed by atoms with Gasteiger partial charge in [-0.15, -0.1) is 0 Å². The monoisotopic (exact) mass is 356 g/mol. The maximum Gasteiger partial charge on any atom is 0.197 e. The van der Waals surface area contributed by atoms with Crippen LogP contribution in [0.5, 0.6) is 5.75 Å². The van der Waals surface area contributed by atoms with Gasteiger partial charge in [0.15, 0.2) is 5.78 Å². The summed E-state index contributed by atoms with van der Waals surface area (Å²) in [5, 5.41) is 0. The van der Waals surface area contributed by atoms with E-state index in [0.29, 0.717) is 14.9 Å². The van der Waals surface area contributed by atoms with Crippen molar-refractivity contribution in [2.45, 2.75) is 0 Å². The summed E-state index contributed by atoms with van der Waals surface area (Å²) >= 11 is 1.96. The third kappa shape index (κ3) is 2.53. The van der Waals surface area contributed by atoms with E-state index < -0.39 is 5.82 Å². The summed E-state index contributed by atoms with van der Waals surface area (Å²) in [6, 6.07) is 11.2. The molecular weight excluding hydrogens is 346 g/mol. The van der Waals surface area contributed by atoms with Crippen LogP contribution >= 0.6 is 22.6 Å². The lowest BCUT2D eigenvalue weighted by Crippen LogP contribution is -2.06. The Balaban J connectivity index is 2.41. The van der Waals surface area contributed by atoms with Gasteiger partial charge < -0.3 is 4.74 Å². The number of hydrogen-bond donors (Lipinski definition) is 0. The Morgan fingerprint density at radius 3 is 2.39 bits per heavy atom. The molecule has 0 aliphatic heterocycles. The average molecular weight is 356 g/mol. The van der Waals surface area contributed by atoms with Crippen molar-refractivity contribution in [3.63, 3.8) is 0 Å². The molecule has 0 amide bonds. The number of hydrogen-bond acceptors (Lipinski definition) is 2. The molecule has 0 aromatic heterocycles. The van der Waals surface area contributed by atoms with E-state index in [1.54, 1.807) is 43.5 Å². The molecular formula is C14H10FIO2. The second-order valence-corrected chi connectivity index (χ2v) is 4.82. The van der Waals surface area contributed by atoms with Crippen LogP contribution in [-0.2, 0) is 0 Å². The van der Waals surface area contributed by atoms with Gasteiger partial charge in [-0.3, -0.25) is 4.79 Å². The van der Waals surface area contributed by atoms with Gasteiger partial charge in [-0.25, -0.2) is 4.39 Å². The molecule has 0 aliphatic carbocycles. The summed E-state index contributed by atoms with van der Waals surface area (Å²) < 4.78 is 19.3. The van der Waals surface area contributed by atoms with Crippen molar-refractivity contribution in [1.29, 1.82) is 0 Å². The van der Waals surface area contributed by atoms with Gasteiger partial charge in [0.25, 0.3) is 0 Å². The minimum absolute atomic E-state index is 0.114. The topological polar surface area (TPSA) is 26.3 Å². The van der Waals surface area contributed by atoms with Crippen LogP contribution in [0.15, 0.2) is 42.5 Å². The van der Waals surface area contributed by atoms with Crippen molar-refractivity contribution >= 4 is 28.4 Å². The van der Waals surface area contributed by atoms with Crippen molar-refractivity contribution in [3.05, 3.63) is 63.0 Å². The highest BCUT2D eigenvalue weighted by Gasteiger charge is 2.16. The summed E-state index contributed by atoms with van der Waals surface area (Å²) in [7, 11) is 1.55.